The molecule has 3 heterocycles. The molecule has 0 saturated carbocycles. The van der Waals surface area contributed by atoms with Gasteiger partial charge in [-0.3, -0.25) is 0 Å². The third kappa shape index (κ3) is 6.22. The summed E-state index contributed by atoms with van der Waals surface area (Å²) in [5.41, 5.74) is 8.77. The van der Waals surface area contributed by atoms with Gasteiger partial charge in [0.2, 0.25) is 5.28 Å². The van der Waals surface area contributed by atoms with Crippen molar-refractivity contribution in [3.63, 3.8) is 0 Å². The van der Waals surface area contributed by atoms with Crippen LogP contribution in [0.25, 0.3) is 64.5 Å². The Labute approximate surface area is 274 Å². The lowest BCUT2D eigenvalue weighted by atomic mass is 10.0. The second-order valence-corrected chi connectivity index (χ2v) is 11.6. The van der Waals surface area contributed by atoms with Gasteiger partial charge in [-0.15, -0.1) is 17.9 Å². The molecule has 0 spiro atoms. The first-order chi connectivity index (χ1) is 22.1. The lowest BCUT2D eigenvalue weighted by Crippen LogP contribution is -1.92. The topological polar surface area (TPSA) is 30.7 Å². The lowest BCUT2D eigenvalue weighted by molar-refractivity contribution is 1.18. The van der Waals surface area contributed by atoms with Crippen LogP contribution in [0.1, 0.15) is 46.7 Å². The Morgan fingerprint density at radius 3 is 2.18 bits per heavy atom. The van der Waals surface area contributed by atoms with Crippen molar-refractivity contribution in [2.24, 2.45) is 0 Å². The Morgan fingerprint density at radius 2 is 1.47 bits per heavy atom. The van der Waals surface area contributed by atoms with Gasteiger partial charge in [0.15, 0.2) is 0 Å². The van der Waals surface area contributed by atoms with E-state index in [9.17, 15) is 0 Å². The van der Waals surface area contributed by atoms with Crippen LogP contribution in [0.15, 0.2) is 122 Å². The van der Waals surface area contributed by atoms with Gasteiger partial charge in [0, 0.05) is 26.5 Å². The zero-order valence-corrected chi connectivity index (χ0v) is 28.1. The van der Waals surface area contributed by atoms with Crippen LogP contribution in [0, 0.1) is 0 Å². The first-order valence-corrected chi connectivity index (χ1v) is 16.7. The fourth-order valence-corrected chi connectivity index (χ4v) is 6.95. The molecule has 3 nitrogen and oxygen atoms in total. The summed E-state index contributed by atoms with van der Waals surface area (Å²) in [6, 6.07) is 32.6. The molecule has 0 saturated heterocycles. The van der Waals surface area contributed by atoms with E-state index in [1.54, 1.807) is 17.4 Å². The summed E-state index contributed by atoms with van der Waals surface area (Å²) in [5, 5.41) is 3.86. The predicted octanol–water partition coefficient (Wildman–Crippen LogP) is 12.8. The van der Waals surface area contributed by atoms with E-state index >= 15 is 0 Å². The summed E-state index contributed by atoms with van der Waals surface area (Å²) >= 11 is 8.21. The molecule has 0 N–H and O–H groups in total. The second kappa shape index (κ2) is 14.5. The zero-order chi connectivity index (χ0) is 31.9. The third-order valence-corrected chi connectivity index (χ3v) is 8.68. The number of aromatic nitrogens is 3. The third-order valence-electron chi connectivity index (χ3n) is 7.35. The number of allylic oxidation sites excluding steroid dienone is 5. The maximum Gasteiger partial charge on any atom is 0.223 e. The molecule has 7 aromatic rings. The molecule has 0 bridgehead atoms. The maximum atomic E-state index is 6.48. The Kier molecular flexibility index (Phi) is 10.3. The van der Waals surface area contributed by atoms with Crippen LogP contribution >= 0.6 is 22.9 Å². The van der Waals surface area contributed by atoms with Crippen LogP contribution in [0.5, 0.6) is 0 Å². The molecule has 0 amide bonds. The smallest absolute Gasteiger partial charge is 0.223 e. The first-order valence-electron chi connectivity index (χ1n) is 15.5. The Morgan fingerprint density at radius 1 is 0.822 bits per heavy atom. The number of benzene rings is 4. The van der Waals surface area contributed by atoms with Gasteiger partial charge in [-0.25, -0.2) is 9.97 Å². The predicted molar refractivity (Wildman–Crippen MR) is 200 cm³/mol. The van der Waals surface area contributed by atoms with Crippen molar-refractivity contribution in [3.8, 4) is 16.8 Å². The molecule has 0 aliphatic rings. The monoisotopic (exact) mass is 627 g/mol. The standard InChI is InChI=1S/C35H26ClN3S.C3H6.C2H6/c1-3-10-22(11-4-2)32-34-33(38-35(36)37-32)28-21-24(17-19-31(28)40-34)23-16-18-30-27(20-23)26-14-8-9-15-29(26)39(30)25-12-6-5-7-13-25;1-3-2;1-2/h3,5-21H,4H2,1-2H3;3H,1H2,2H3;1-2H3/b10-3-,22-11+;;. The van der Waals surface area contributed by atoms with Gasteiger partial charge in [-0.1, -0.05) is 93.6 Å². The summed E-state index contributed by atoms with van der Waals surface area (Å²) in [6.45, 7) is 13.4. The second-order valence-electron chi connectivity index (χ2n) is 10.2. The van der Waals surface area contributed by atoms with Crippen molar-refractivity contribution in [1.29, 1.82) is 0 Å². The molecule has 0 unspecified atom stereocenters. The number of para-hydroxylation sites is 2. The molecular formula is C40H38ClN3S. The van der Waals surface area contributed by atoms with E-state index < -0.39 is 0 Å². The Bertz CT molecular complexity index is 2170. The number of fused-ring (bicyclic) bond motifs is 6. The van der Waals surface area contributed by atoms with Gasteiger partial charge in [-0.2, -0.15) is 0 Å². The van der Waals surface area contributed by atoms with E-state index in [1.807, 2.05) is 33.8 Å². The van der Waals surface area contributed by atoms with Crippen molar-refractivity contribution >= 4 is 70.6 Å². The molecular weight excluding hydrogens is 590 g/mol. The van der Waals surface area contributed by atoms with E-state index in [-0.39, 0.29) is 5.28 Å². The molecule has 226 valence electrons. The van der Waals surface area contributed by atoms with Gasteiger partial charge in [0.25, 0.3) is 0 Å². The van der Waals surface area contributed by atoms with E-state index in [2.05, 4.69) is 126 Å². The Balaban J connectivity index is 0.000000757. The van der Waals surface area contributed by atoms with Crippen LogP contribution in [0.3, 0.4) is 0 Å². The highest BCUT2D eigenvalue weighted by molar-refractivity contribution is 7.26. The van der Waals surface area contributed by atoms with Crippen molar-refractivity contribution in [2.45, 2.75) is 41.0 Å². The fourth-order valence-electron chi connectivity index (χ4n) is 5.64. The zero-order valence-electron chi connectivity index (χ0n) is 26.5. The summed E-state index contributed by atoms with van der Waals surface area (Å²) in [6.07, 6.45) is 8.99. The average molecular weight is 628 g/mol. The molecule has 0 radical (unpaired) electrons. The lowest BCUT2D eigenvalue weighted by Gasteiger charge is -2.08. The number of rotatable bonds is 5. The fraction of sp³-hybridized carbons (Fsp3) is 0.150. The van der Waals surface area contributed by atoms with Crippen molar-refractivity contribution in [1.82, 2.24) is 14.5 Å². The summed E-state index contributed by atoms with van der Waals surface area (Å²) < 4.78 is 4.58. The van der Waals surface area contributed by atoms with Gasteiger partial charge < -0.3 is 4.57 Å². The summed E-state index contributed by atoms with van der Waals surface area (Å²) in [4.78, 5) is 9.35. The first kappa shape index (κ1) is 31.9. The number of hydrogen-bond acceptors (Lipinski definition) is 3. The van der Waals surface area contributed by atoms with E-state index in [4.69, 9.17) is 16.6 Å². The number of nitrogens with zero attached hydrogens (tertiary/aromatic N) is 3. The average Bonchev–Trinajstić information content (AvgIpc) is 3.61. The molecule has 0 aliphatic carbocycles. The van der Waals surface area contributed by atoms with E-state index in [0.717, 1.165) is 44.5 Å². The highest BCUT2D eigenvalue weighted by Crippen LogP contribution is 2.40. The molecule has 3 aromatic heterocycles. The SMILES string of the molecule is C/C=C\C(=C/CC)c1nc(Cl)nc2c1sc1ccc(-c3ccc4c(c3)c3ccccc3n4-c3ccccc3)cc12.C=CC.CC. The molecule has 5 heteroatoms. The van der Waals surface area contributed by atoms with Crippen LogP contribution in [-0.2, 0) is 0 Å². The van der Waals surface area contributed by atoms with Gasteiger partial charge >= 0.3 is 0 Å². The minimum Gasteiger partial charge on any atom is -0.309 e. The highest BCUT2D eigenvalue weighted by Gasteiger charge is 2.17. The minimum absolute atomic E-state index is 0.272. The molecule has 0 fully saturated rings. The Hall–Kier alpha value is -4.51. The van der Waals surface area contributed by atoms with Crippen molar-refractivity contribution in [2.75, 3.05) is 0 Å². The maximum absolute atomic E-state index is 6.48. The summed E-state index contributed by atoms with van der Waals surface area (Å²) in [7, 11) is 0. The quantitative estimate of drug-likeness (QED) is 0.108. The molecule has 45 heavy (non-hydrogen) atoms. The van der Waals surface area contributed by atoms with Crippen molar-refractivity contribution in [3.05, 3.63) is 133 Å². The number of thiophene rings is 1. The van der Waals surface area contributed by atoms with Crippen LogP contribution in [0.4, 0.5) is 0 Å². The van der Waals surface area contributed by atoms with Crippen molar-refractivity contribution < 1.29 is 0 Å². The van der Waals surface area contributed by atoms with Crippen LogP contribution in [0.2, 0.25) is 5.28 Å². The van der Waals surface area contributed by atoms with E-state index in [0.29, 0.717) is 0 Å². The highest BCUT2D eigenvalue weighted by atomic mass is 35.5. The minimum atomic E-state index is 0.272. The van der Waals surface area contributed by atoms with E-state index in [1.165, 1.54) is 32.1 Å². The number of halogens is 1. The van der Waals surface area contributed by atoms with Gasteiger partial charge in [0.05, 0.1) is 26.9 Å². The van der Waals surface area contributed by atoms with Gasteiger partial charge in [0.1, 0.15) is 0 Å². The molecule has 0 aliphatic heterocycles. The van der Waals surface area contributed by atoms with Crippen LogP contribution in [-0.4, -0.2) is 14.5 Å². The largest absolute Gasteiger partial charge is 0.309 e. The van der Waals surface area contributed by atoms with Crippen LogP contribution < -0.4 is 0 Å². The number of hydrogen-bond donors (Lipinski definition) is 0. The molecule has 4 aromatic carbocycles. The molecule has 0 atom stereocenters. The molecule has 7 rings (SSSR count). The summed E-state index contributed by atoms with van der Waals surface area (Å²) in [5.74, 6) is 0. The van der Waals surface area contributed by atoms with Gasteiger partial charge in [-0.05, 0) is 91.0 Å². The normalized spacial score (nSPS) is 11.6.